The Morgan fingerprint density at radius 2 is 2.05 bits per heavy atom. The fourth-order valence-corrected chi connectivity index (χ4v) is 1.95. The van der Waals surface area contributed by atoms with Crippen LogP contribution in [0.2, 0.25) is 0 Å². The zero-order chi connectivity index (χ0) is 14.5. The summed E-state index contributed by atoms with van der Waals surface area (Å²) in [4.78, 5) is 8.53. The lowest BCUT2D eigenvalue weighted by Gasteiger charge is -2.23. The topological polar surface area (TPSA) is 73.1 Å². The largest absolute Gasteiger partial charge is 0.478 e. The lowest BCUT2D eigenvalue weighted by molar-refractivity contribution is 0.325. The number of nitrogens with zero attached hydrogens (tertiary/aromatic N) is 2. The Morgan fingerprint density at radius 1 is 1.37 bits per heavy atom. The van der Waals surface area contributed by atoms with E-state index in [-0.39, 0.29) is 11.5 Å². The number of hydrogen-bond donors (Lipinski definition) is 2. The molecule has 0 aliphatic heterocycles. The molecule has 0 fully saturated rings. The second-order valence-electron chi connectivity index (χ2n) is 5.98. The van der Waals surface area contributed by atoms with Crippen LogP contribution in [0.15, 0.2) is 6.07 Å². The number of hydrogen-bond acceptors (Lipinski definition) is 5. The summed E-state index contributed by atoms with van der Waals surface area (Å²) in [7, 11) is 0. The van der Waals surface area contributed by atoms with E-state index in [1.54, 1.807) is 6.07 Å². The third kappa shape index (κ3) is 6.38. The molecule has 0 aliphatic rings. The lowest BCUT2D eigenvalue weighted by Crippen LogP contribution is -2.33. The number of aromatic nitrogens is 2. The van der Waals surface area contributed by atoms with Crippen LogP contribution >= 0.6 is 0 Å². The van der Waals surface area contributed by atoms with Crippen LogP contribution in [-0.4, -0.2) is 29.2 Å². The maximum atomic E-state index is 6.11. The molecule has 1 aromatic rings. The van der Waals surface area contributed by atoms with Gasteiger partial charge in [-0.3, -0.25) is 0 Å². The van der Waals surface area contributed by atoms with E-state index in [9.17, 15) is 0 Å². The van der Waals surface area contributed by atoms with Crippen molar-refractivity contribution >= 4 is 5.82 Å². The van der Waals surface area contributed by atoms with E-state index in [2.05, 4.69) is 36.1 Å². The van der Waals surface area contributed by atoms with Crippen molar-refractivity contribution in [2.75, 3.05) is 18.5 Å². The van der Waals surface area contributed by atoms with Gasteiger partial charge in [0.15, 0.2) is 0 Å². The summed E-state index contributed by atoms with van der Waals surface area (Å²) in [6.45, 7) is 11.6. The van der Waals surface area contributed by atoms with Crippen LogP contribution in [0.4, 0.5) is 5.82 Å². The minimum atomic E-state index is 0.103. The Hall–Kier alpha value is -1.36. The summed E-state index contributed by atoms with van der Waals surface area (Å²) in [6, 6.07) is 1.91. The molecule has 108 valence electrons. The van der Waals surface area contributed by atoms with Crippen molar-refractivity contribution in [1.82, 2.24) is 9.97 Å². The highest BCUT2D eigenvalue weighted by Gasteiger charge is 2.15. The van der Waals surface area contributed by atoms with Crippen LogP contribution in [0.5, 0.6) is 5.88 Å². The normalized spacial score (nSPS) is 13.2. The number of nitrogens with two attached hydrogens (primary N) is 1. The zero-order valence-corrected chi connectivity index (χ0v) is 12.7. The van der Waals surface area contributed by atoms with Crippen molar-refractivity contribution in [2.45, 2.75) is 47.1 Å². The number of nitrogens with one attached hydrogen (secondary N) is 1. The van der Waals surface area contributed by atoms with Crippen LogP contribution < -0.4 is 15.8 Å². The molecule has 0 aliphatic carbocycles. The quantitative estimate of drug-likeness (QED) is 0.827. The van der Waals surface area contributed by atoms with Crippen LogP contribution in [-0.2, 0) is 0 Å². The number of aryl methyl sites for hydroxylation is 1. The van der Waals surface area contributed by atoms with Crippen molar-refractivity contribution < 1.29 is 4.74 Å². The van der Waals surface area contributed by atoms with Gasteiger partial charge in [-0.25, -0.2) is 4.98 Å². The molecule has 5 heteroatoms. The fourth-order valence-electron chi connectivity index (χ4n) is 1.95. The van der Waals surface area contributed by atoms with Gasteiger partial charge in [0.05, 0.1) is 6.61 Å². The fraction of sp³-hybridized carbons (Fsp3) is 0.714. The highest BCUT2D eigenvalue weighted by Crippen LogP contribution is 2.20. The van der Waals surface area contributed by atoms with E-state index < -0.39 is 0 Å². The summed E-state index contributed by atoms with van der Waals surface area (Å²) in [6.07, 6.45) is 0.961. The van der Waals surface area contributed by atoms with E-state index in [1.165, 1.54) is 0 Å². The molecule has 0 bridgehead atoms. The maximum absolute atomic E-state index is 6.11. The van der Waals surface area contributed by atoms with Crippen LogP contribution in [0.1, 0.15) is 39.9 Å². The summed E-state index contributed by atoms with van der Waals surface area (Å²) >= 11 is 0. The molecule has 0 saturated carbocycles. The third-order valence-corrected chi connectivity index (χ3v) is 2.53. The molecule has 1 aromatic heterocycles. The molecule has 1 atom stereocenters. The van der Waals surface area contributed by atoms with Gasteiger partial charge < -0.3 is 15.8 Å². The van der Waals surface area contributed by atoms with E-state index in [4.69, 9.17) is 10.5 Å². The number of rotatable bonds is 6. The molecule has 0 aromatic carbocycles. The molecule has 1 unspecified atom stereocenters. The van der Waals surface area contributed by atoms with Crippen molar-refractivity contribution in [1.29, 1.82) is 0 Å². The third-order valence-electron chi connectivity index (χ3n) is 2.53. The summed E-state index contributed by atoms with van der Waals surface area (Å²) < 4.78 is 5.39. The molecular weight excluding hydrogens is 240 g/mol. The lowest BCUT2D eigenvalue weighted by atomic mass is 9.88. The molecule has 0 amide bonds. The molecule has 0 radical (unpaired) electrons. The van der Waals surface area contributed by atoms with Crippen LogP contribution in [0, 0.1) is 12.3 Å². The summed E-state index contributed by atoms with van der Waals surface area (Å²) in [5.74, 6) is 2.06. The SMILES string of the molecule is CCOc1cc(NCC(N)CC(C)(C)C)nc(C)n1. The summed E-state index contributed by atoms with van der Waals surface area (Å²) in [5.41, 5.74) is 6.34. The second-order valence-corrected chi connectivity index (χ2v) is 5.98. The van der Waals surface area contributed by atoms with Crippen molar-refractivity contribution in [2.24, 2.45) is 11.1 Å². The number of ether oxygens (including phenoxy) is 1. The van der Waals surface area contributed by atoms with E-state index in [1.807, 2.05) is 13.8 Å². The van der Waals surface area contributed by atoms with Crippen LogP contribution in [0.3, 0.4) is 0 Å². The van der Waals surface area contributed by atoms with E-state index in [0.29, 0.717) is 24.9 Å². The average molecular weight is 266 g/mol. The van der Waals surface area contributed by atoms with Crippen molar-refractivity contribution in [3.05, 3.63) is 11.9 Å². The Bertz CT molecular complexity index is 401. The summed E-state index contributed by atoms with van der Waals surface area (Å²) in [5, 5.41) is 3.25. The Kier molecular flexibility index (Phi) is 5.54. The molecule has 0 spiro atoms. The molecule has 3 N–H and O–H groups in total. The first-order valence-electron chi connectivity index (χ1n) is 6.78. The first kappa shape index (κ1) is 15.7. The predicted octanol–water partition coefficient (Wildman–Crippen LogP) is 2.36. The molecular formula is C14H26N4O. The first-order valence-corrected chi connectivity index (χ1v) is 6.78. The van der Waals surface area contributed by atoms with Gasteiger partial charge in [-0.2, -0.15) is 4.98 Å². The van der Waals surface area contributed by atoms with Gasteiger partial charge in [0.25, 0.3) is 0 Å². The maximum Gasteiger partial charge on any atom is 0.218 e. The Labute approximate surface area is 116 Å². The monoisotopic (exact) mass is 266 g/mol. The smallest absolute Gasteiger partial charge is 0.218 e. The second kappa shape index (κ2) is 6.70. The van der Waals surface area contributed by atoms with Crippen molar-refractivity contribution in [3.63, 3.8) is 0 Å². The highest BCUT2D eigenvalue weighted by molar-refractivity contribution is 5.38. The Balaban J connectivity index is 2.57. The van der Waals surface area contributed by atoms with Gasteiger partial charge in [-0.1, -0.05) is 20.8 Å². The van der Waals surface area contributed by atoms with Gasteiger partial charge in [0.2, 0.25) is 5.88 Å². The van der Waals surface area contributed by atoms with Gasteiger partial charge in [-0.05, 0) is 25.7 Å². The van der Waals surface area contributed by atoms with Gasteiger partial charge in [0.1, 0.15) is 11.6 Å². The van der Waals surface area contributed by atoms with Crippen LogP contribution in [0.25, 0.3) is 0 Å². The first-order chi connectivity index (χ1) is 8.80. The molecule has 1 heterocycles. The van der Waals surface area contributed by atoms with Gasteiger partial charge >= 0.3 is 0 Å². The molecule has 0 saturated heterocycles. The van der Waals surface area contributed by atoms with Gasteiger partial charge in [0, 0.05) is 18.7 Å². The number of anilines is 1. The standard InChI is InChI=1S/C14H26N4O/c1-6-19-13-7-12(17-10(2)18-13)16-9-11(15)8-14(3,4)5/h7,11H,6,8-9,15H2,1-5H3,(H,16,17,18). The van der Waals surface area contributed by atoms with E-state index >= 15 is 0 Å². The van der Waals surface area contributed by atoms with E-state index in [0.717, 1.165) is 12.2 Å². The molecule has 19 heavy (non-hydrogen) atoms. The predicted molar refractivity (Wildman–Crippen MR) is 78.5 cm³/mol. The molecule has 1 rings (SSSR count). The highest BCUT2D eigenvalue weighted by atomic mass is 16.5. The van der Waals surface area contributed by atoms with Gasteiger partial charge in [-0.15, -0.1) is 0 Å². The Morgan fingerprint density at radius 3 is 2.63 bits per heavy atom. The van der Waals surface area contributed by atoms with Crippen molar-refractivity contribution in [3.8, 4) is 5.88 Å². The minimum Gasteiger partial charge on any atom is -0.478 e. The average Bonchev–Trinajstić information content (AvgIpc) is 2.24. The zero-order valence-electron chi connectivity index (χ0n) is 12.7. The minimum absolute atomic E-state index is 0.103. The molecule has 5 nitrogen and oxygen atoms in total.